The first kappa shape index (κ1) is 7.11. The molecule has 0 fully saturated rings. The molecule has 0 heterocycles. The number of rotatable bonds is 3. The molecule has 0 aromatic heterocycles. The lowest BCUT2D eigenvalue weighted by atomic mass is 12.1. The fourth-order valence-corrected chi connectivity index (χ4v) is 0.115. The van der Waals surface area contributed by atoms with Crippen molar-refractivity contribution in [1.29, 1.82) is 0 Å². The van der Waals surface area contributed by atoms with Crippen molar-refractivity contribution in [3.8, 4) is 0 Å². The number of hydrogen-bond donors (Lipinski definition) is 0. The summed E-state index contributed by atoms with van der Waals surface area (Å²) in [5.41, 5.74) is 7.53. The highest BCUT2D eigenvalue weighted by atomic mass is 16.7. The second-order valence-electron chi connectivity index (χ2n) is 0.767. The van der Waals surface area contributed by atoms with E-state index in [1.807, 2.05) is 4.91 Å². The fraction of sp³-hybridized carbons (Fsp3) is 0. The van der Waals surface area contributed by atoms with Gasteiger partial charge in [0.05, 0.1) is 0 Å². The highest BCUT2D eigenvalue weighted by Crippen LogP contribution is 1.88. The van der Waals surface area contributed by atoms with Crippen LogP contribution in [0.5, 0.6) is 0 Å². The lowest BCUT2D eigenvalue weighted by molar-refractivity contribution is -0.660. The smallest absolute Gasteiger partial charge is 0.354 e. The molecule has 0 aromatic rings. The summed E-state index contributed by atoms with van der Waals surface area (Å²) in [6.07, 6.45) is 0. The molecular weight excluding hydrogens is 132 g/mol. The summed E-state index contributed by atoms with van der Waals surface area (Å²) in [5.74, 6) is 0. The maximum Gasteiger partial charge on any atom is 0.424 e. The van der Waals surface area contributed by atoms with Crippen LogP contribution in [0, 0.1) is 15.0 Å². The van der Waals surface area contributed by atoms with E-state index < -0.39 is 10.3 Å². The van der Waals surface area contributed by atoms with E-state index in [1.165, 1.54) is 0 Å². The van der Waals surface area contributed by atoms with Gasteiger partial charge >= 0.3 is 15.7 Å². The van der Waals surface area contributed by atoms with E-state index in [4.69, 9.17) is 5.53 Å². The average molecular weight is 132 g/mol. The van der Waals surface area contributed by atoms with Crippen LogP contribution in [-0.2, 0) is 0 Å². The maximum atomic E-state index is 9.49. The number of nitroso groups, excluding NO2 is 1. The SMILES string of the molecule is [N-]=[N+]=NN(N=O)[N+](=O)[O-]. The van der Waals surface area contributed by atoms with Crippen molar-refractivity contribution >= 4 is 0 Å². The van der Waals surface area contributed by atoms with Gasteiger partial charge in [-0.25, -0.2) is 0 Å². The van der Waals surface area contributed by atoms with Gasteiger partial charge in [0.2, 0.25) is 0 Å². The van der Waals surface area contributed by atoms with E-state index >= 15 is 0 Å². The van der Waals surface area contributed by atoms with Gasteiger partial charge < -0.3 is 10.1 Å². The third kappa shape index (κ3) is 2.04. The summed E-state index contributed by atoms with van der Waals surface area (Å²) in [5, 5.41) is 11.7. The van der Waals surface area contributed by atoms with E-state index in [0.717, 1.165) is 0 Å². The van der Waals surface area contributed by atoms with Crippen LogP contribution in [0.3, 0.4) is 0 Å². The Morgan fingerprint density at radius 1 is 1.78 bits per heavy atom. The van der Waals surface area contributed by atoms with Crippen LogP contribution in [0.2, 0.25) is 0 Å². The molecule has 0 aliphatic rings. The van der Waals surface area contributed by atoms with Gasteiger partial charge in [-0.3, -0.25) is 0 Å². The summed E-state index contributed by atoms with van der Waals surface area (Å²) < 4.78 is 0. The van der Waals surface area contributed by atoms with Gasteiger partial charge in [0.25, 0.3) is 0 Å². The van der Waals surface area contributed by atoms with Crippen LogP contribution in [0.1, 0.15) is 0 Å². The Balaban J connectivity index is 4.15. The molecule has 0 bridgehead atoms. The van der Waals surface area contributed by atoms with E-state index in [-0.39, 0.29) is 0 Å². The van der Waals surface area contributed by atoms with Gasteiger partial charge in [-0.2, -0.15) is 0 Å². The summed E-state index contributed by atoms with van der Waals surface area (Å²) >= 11 is 0. The van der Waals surface area contributed by atoms with Gasteiger partial charge in [0.15, 0.2) is 0 Å². The molecule has 0 aliphatic heterocycles. The standard InChI is InChI=1S/N6O3/c1-2-3-5(4-7)6(8)9. The molecular formula is N6O3. The van der Waals surface area contributed by atoms with Crippen LogP contribution < -0.4 is 0 Å². The summed E-state index contributed by atoms with van der Waals surface area (Å²) in [4.78, 5) is 20.7. The molecule has 0 unspecified atom stereocenters. The Morgan fingerprint density at radius 2 is 2.33 bits per heavy atom. The van der Waals surface area contributed by atoms with Crippen LogP contribution in [0.25, 0.3) is 10.4 Å². The molecule has 0 aromatic carbocycles. The molecule has 9 heavy (non-hydrogen) atoms. The van der Waals surface area contributed by atoms with Crippen molar-refractivity contribution in [1.82, 2.24) is 5.23 Å². The van der Waals surface area contributed by atoms with E-state index in [1.54, 1.807) is 5.29 Å². The molecule has 0 spiro atoms. The van der Waals surface area contributed by atoms with Gasteiger partial charge in [-0.1, -0.05) is 0 Å². The van der Waals surface area contributed by atoms with Gasteiger partial charge in [-0.05, 0) is 4.91 Å². The van der Waals surface area contributed by atoms with Crippen molar-refractivity contribution in [2.45, 2.75) is 0 Å². The summed E-state index contributed by atoms with van der Waals surface area (Å²) in [7, 11) is 0. The molecule has 0 radical (unpaired) electrons. The third-order valence-corrected chi connectivity index (χ3v) is 0.339. The lowest BCUT2D eigenvalue weighted by Gasteiger charge is -1.80. The zero-order valence-electron chi connectivity index (χ0n) is 3.91. The Kier molecular flexibility index (Phi) is 2.49. The third-order valence-electron chi connectivity index (χ3n) is 0.339. The zero-order chi connectivity index (χ0) is 7.28. The summed E-state index contributed by atoms with van der Waals surface area (Å²) in [6, 6.07) is 0. The molecule has 9 nitrogen and oxygen atoms in total. The quantitative estimate of drug-likeness (QED) is 0.137. The molecule has 48 valence electrons. The number of nitrogens with zero attached hydrogens (tertiary/aromatic N) is 6. The van der Waals surface area contributed by atoms with E-state index in [0.29, 0.717) is 0 Å². The number of nitro groups is 1. The van der Waals surface area contributed by atoms with E-state index in [2.05, 4.69) is 5.22 Å². The van der Waals surface area contributed by atoms with E-state index in [9.17, 15) is 15.0 Å². The topological polar surface area (TPSA) is 125 Å². The average Bonchev–Trinajstić information content (AvgIpc) is 1.82. The Morgan fingerprint density at radius 3 is 2.44 bits per heavy atom. The molecule has 0 rings (SSSR count). The lowest BCUT2D eigenvalue weighted by Crippen LogP contribution is -2.15. The molecule has 0 N–H and O–H groups in total. The predicted molar refractivity (Wildman–Crippen MR) is 23.8 cm³/mol. The maximum absolute atomic E-state index is 9.49. The minimum absolute atomic E-state index is 0.528. The Hall–Kier alpha value is -1.89. The van der Waals surface area contributed by atoms with Crippen LogP contribution in [0.4, 0.5) is 0 Å². The van der Waals surface area contributed by atoms with Crippen LogP contribution in [0.15, 0.2) is 10.5 Å². The zero-order valence-corrected chi connectivity index (χ0v) is 3.91. The highest BCUT2D eigenvalue weighted by molar-refractivity contribution is 4.32. The van der Waals surface area contributed by atoms with Crippen molar-refractivity contribution in [3.63, 3.8) is 0 Å². The number of azide groups is 1. The highest BCUT2D eigenvalue weighted by Gasteiger charge is 2.25. The van der Waals surface area contributed by atoms with Gasteiger partial charge in [0.1, 0.15) is 5.03 Å². The van der Waals surface area contributed by atoms with Gasteiger partial charge in [0, 0.05) is 4.91 Å². The number of hydrazine groups is 1. The first-order chi connectivity index (χ1) is 4.22. The predicted octanol–water partition coefficient (Wildman–Crippen LogP) is 0.387. The number of hydrogen-bond acceptors (Lipinski definition) is 5. The Labute approximate surface area is 47.5 Å². The van der Waals surface area contributed by atoms with Crippen molar-refractivity contribution < 1.29 is 5.03 Å². The van der Waals surface area contributed by atoms with Crippen molar-refractivity contribution in [2.24, 2.45) is 10.5 Å². The minimum Gasteiger partial charge on any atom is -0.354 e. The van der Waals surface area contributed by atoms with Crippen molar-refractivity contribution in [3.05, 3.63) is 25.5 Å². The second-order valence-corrected chi connectivity index (χ2v) is 0.767. The molecule has 0 saturated heterocycles. The normalized spacial score (nSPS) is 7.11. The second kappa shape index (κ2) is 3.16. The fourth-order valence-electron chi connectivity index (χ4n) is 0.115. The van der Waals surface area contributed by atoms with Crippen molar-refractivity contribution in [2.75, 3.05) is 0 Å². The monoisotopic (exact) mass is 132 g/mol. The molecule has 9 heteroatoms. The Bertz CT molecular complexity index is 163. The molecule has 0 saturated carbocycles. The van der Waals surface area contributed by atoms with Gasteiger partial charge in [-0.15, -0.1) is 5.53 Å². The van der Waals surface area contributed by atoms with Crippen LogP contribution >= 0.6 is 0 Å². The largest absolute Gasteiger partial charge is 0.424 e. The minimum atomic E-state index is -1.26. The first-order valence-electron chi connectivity index (χ1n) is 1.55. The molecule has 0 amide bonds. The molecule has 0 aliphatic carbocycles. The molecule has 0 atom stereocenters. The first-order valence-corrected chi connectivity index (χ1v) is 1.55. The summed E-state index contributed by atoms with van der Waals surface area (Å²) in [6.45, 7) is 0. The van der Waals surface area contributed by atoms with Crippen LogP contribution in [-0.4, -0.2) is 10.3 Å².